The lowest BCUT2D eigenvalue weighted by molar-refractivity contribution is -0.145. The van der Waals surface area contributed by atoms with Crippen LogP contribution in [0.3, 0.4) is 0 Å². The van der Waals surface area contributed by atoms with Crippen molar-refractivity contribution < 1.29 is 19.4 Å². The molecule has 0 aliphatic carbocycles. The fourth-order valence-corrected chi connectivity index (χ4v) is 3.12. The number of ether oxygens (including phenoxy) is 2. The van der Waals surface area contributed by atoms with Gasteiger partial charge in [0.25, 0.3) is 5.91 Å². The second-order valence-electron chi connectivity index (χ2n) is 6.41. The first-order valence-corrected chi connectivity index (χ1v) is 8.97. The molecule has 6 nitrogen and oxygen atoms in total. The smallest absolute Gasteiger partial charge is 0.251 e. The molecule has 1 saturated heterocycles. The maximum atomic E-state index is 12.6. The van der Waals surface area contributed by atoms with Gasteiger partial charge in [0.2, 0.25) is 0 Å². The third kappa shape index (κ3) is 5.42. The number of nitrogens with zero attached hydrogens (tertiary/aromatic N) is 2. The molecule has 25 heavy (non-hydrogen) atoms. The van der Waals surface area contributed by atoms with Crippen LogP contribution in [0.15, 0.2) is 24.3 Å². The lowest BCUT2D eigenvalue weighted by Crippen LogP contribution is -2.54. The van der Waals surface area contributed by atoms with Crippen LogP contribution in [0.25, 0.3) is 0 Å². The maximum Gasteiger partial charge on any atom is 0.251 e. The zero-order chi connectivity index (χ0) is 18.2. The predicted octanol–water partition coefficient (Wildman–Crippen LogP) is 1.52. The largest absolute Gasteiger partial charge is 0.497 e. The minimum atomic E-state index is -0.474. The van der Waals surface area contributed by atoms with E-state index in [0.29, 0.717) is 19.7 Å². The third-order valence-corrected chi connectivity index (χ3v) is 4.81. The van der Waals surface area contributed by atoms with Gasteiger partial charge in [0.05, 0.1) is 20.3 Å². The highest BCUT2D eigenvalue weighted by Crippen LogP contribution is 2.15. The average Bonchev–Trinajstić information content (AvgIpc) is 2.67. The molecule has 1 fully saturated rings. The van der Waals surface area contributed by atoms with E-state index in [2.05, 4.69) is 11.8 Å². The van der Waals surface area contributed by atoms with Crippen molar-refractivity contribution in [2.75, 3.05) is 39.9 Å². The Morgan fingerprint density at radius 1 is 1.28 bits per heavy atom. The SMILES string of the molecule is CC[C@@H](CO)N1CCN(C(=O)[C@H](C)OCc2cccc(OC)c2)CC1. The Morgan fingerprint density at radius 2 is 2.00 bits per heavy atom. The molecule has 0 bridgehead atoms. The van der Waals surface area contributed by atoms with Crippen LogP contribution in [-0.2, 0) is 16.1 Å². The number of carbonyl (C=O) groups is 1. The van der Waals surface area contributed by atoms with Crippen molar-refractivity contribution in [2.45, 2.75) is 39.0 Å². The monoisotopic (exact) mass is 350 g/mol. The highest BCUT2D eigenvalue weighted by molar-refractivity contribution is 5.80. The van der Waals surface area contributed by atoms with Crippen molar-refractivity contribution in [2.24, 2.45) is 0 Å². The number of rotatable bonds is 8. The average molecular weight is 350 g/mol. The van der Waals surface area contributed by atoms with Gasteiger partial charge in [0.15, 0.2) is 0 Å². The number of aliphatic hydroxyl groups is 1. The molecule has 1 N–H and O–H groups in total. The second kappa shape index (κ2) is 9.75. The minimum Gasteiger partial charge on any atom is -0.497 e. The normalized spacial score (nSPS) is 18.0. The van der Waals surface area contributed by atoms with Crippen molar-refractivity contribution in [3.05, 3.63) is 29.8 Å². The molecule has 0 radical (unpaired) electrons. The summed E-state index contributed by atoms with van der Waals surface area (Å²) >= 11 is 0. The molecule has 1 aromatic rings. The molecular weight excluding hydrogens is 320 g/mol. The van der Waals surface area contributed by atoms with Crippen LogP contribution in [-0.4, -0.2) is 72.9 Å². The fourth-order valence-electron chi connectivity index (χ4n) is 3.12. The Kier molecular flexibility index (Phi) is 7.68. The first kappa shape index (κ1) is 19.7. The van der Waals surface area contributed by atoms with Crippen LogP contribution in [0.1, 0.15) is 25.8 Å². The molecule has 0 saturated carbocycles. The van der Waals surface area contributed by atoms with Crippen LogP contribution in [0.2, 0.25) is 0 Å². The standard InChI is InChI=1S/C19H30N2O4/c1-4-17(13-22)20-8-10-21(11-9-20)19(23)15(2)25-14-16-6-5-7-18(12-16)24-3/h5-7,12,15,17,22H,4,8-11,13-14H2,1-3H3/t15-,17-/m0/s1. The van der Waals surface area contributed by atoms with E-state index in [1.165, 1.54) is 0 Å². The van der Waals surface area contributed by atoms with E-state index in [1.807, 2.05) is 29.2 Å². The van der Waals surface area contributed by atoms with Crippen molar-refractivity contribution in [1.29, 1.82) is 0 Å². The van der Waals surface area contributed by atoms with Crippen LogP contribution in [0.5, 0.6) is 5.75 Å². The van der Waals surface area contributed by atoms with Gasteiger partial charge in [-0.1, -0.05) is 19.1 Å². The summed E-state index contributed by atoms with van der Waals surface area (Å²) < 4.78 is 11.0. The number of benzene rings is 1. The zero-order valence-electron chi connectivity index (χ0n) is 15.5. The number of hydrogen-bond donors (Lipinski definition) is 1. The van der Waals surface area contributed by atoms with Gasteiger partial charge in [0, 0.05) is 32.2 Å². The molecule has 140 valence electrons. The summed E-state index contributed by atoms with van der Waals surface area (Å²) in [7, 11) is 1.63. The first-order valence-electron chi connectivity index (χ1n) is 8.97. The summed E-state index contributed by atoms with van der Waals surface area (Å²) in [5, 5.41) is 9.41. The molecule has 0 unspecified atom stereocenters. The highest BCUT2D eigenvalue weighted by atomic mass is 16.5. The van der Waals surface area contributed by atoms with E-state index < -0.39 is 6.10 Å². The molecule has 1 amide bonds. The van der Waals surface area contributed by atoms with Crippen molar-refractivity contribution in [1.82, 2.24) is 9.80 Å². The number of hydrogen-bond acceptors (Lipinski definition) is 5. The Morgan fingerprint density at radius 3 is 2.60 bits per heavy atom. The highest BCUT2D eigenvalue weighted by Gasteiger charge is 2.27. The van der Waals surface area contributed by atoms with Crippen molar-refractivity contribution >= 4 is 5.91 Å². The molecule has 1 heterocycles. The van der Waals surface area contributed by atoms with Crippen LogP contribution in [0.4, 0.5) is 0 Å². The number of methoxy groups -OCH3 is 1. The fraction of sp³-hybridized carbons (Fsp3) is 0.632. The summed E-state index contributed by atoms with van der Waals surface area (Å²) in [6.07, 6.45) is 0.447. The Balaban J connectivity index is 1.80. The third-order valence-electron chi connectivity index (χ3n) is 4.81. The maximum absolute atomic E-state index is 12.6. The van der Waals surface area contributed by atoms with Gasteiger partial charge in [-0.05, 0) is 31.0 Å². The number of aliphatic hydroxyl groups excluding tert-OH is 1. The molecule has 0 aromatic heterocycles. The van der Waals surface area contributed by atoms with E-state index in [4.69, 9.17) is 9.47 Å². The summed E-state index contributed by atoms with van der Waals surface area (Å²) in [6.45, 7) is 7.40. The minimum absolute atomic E-state index is 0.0274. The molecule has 0 spiro atoms. The van der Waals surface area contributed by atoms with E-state index in [-0.39, 0.29) is 18.6 Å². The number of amides is 1. The molecule has 1 aliphatic heterocycles. The van der Waals surface area contributed by atoms with Gasteiger partial charge in [-0.15, -0.1) is 0 Å². The van der Waals surface area contributed by atoms with E-state index in [0.717, 1.165) is 30.8 Å². The molecular formula is C19H30N2O4. The molecule has 2 atom stereocenters. The van der Waals surface area contributed by atoms with E-state index in [1.54, 1.807) is 14.0 Å². The van der Waals surface area contributed by atoms with Gasteiger partial charge in [-0.25, -0.2) is 0 Å². The first-order chi connectivity index (χ1) is 12.1. The molecule has 1 aliphatic rings. The van der Waals surface area contributed by atoms with Crippen LogP contribution >= 0.6 is 0 Å². The van der Waals surface area contributed by atoms with Gasteiger partial charge in [-0.2, -0.15) is 0 Å². The van der Waals surface area contributed by atoms with Gasteiger partial charge >= 0.3 is 0 Å². The summed E-state index contributed by atoms with van der Waals surface area (Å²) in [4.78, 5) is 16.7. The summed E-state index contributed by atoms with van der Waals surface area (Å²) in [5.41, 5.74) is 0.984. The van der Waals surface area contributed by atoms with E-state index in [9.17, 15) is 9.90 Å². The summed E-state index contributed by atoms with van der Waals surface area (Å²) in [5.74, 6) is 0.810. The van der Waals surface area contributed by atoms with Crippen LogP contribution in [0, 0.1) is 0 Å². The Bertz CT molecular complexity index is 540. The predicted molar refractivity (Wildman–Crippen MR) is 96.6 cm³/mol. The lowest BCUT2D eigenvalue weighted by atomic mass is 10.1. The summed E-state index contributed by atoms with van der Waals surface area (Å²) in [6, 6.07) is 7.86. The topological polar surface area (TPSA) is 62.2 Å². The Hall–Kier alpha value is -1.63. The quantitative estimate of drug-likeness (QED) is 0.770. The van der Waals surface area contributed by atoms with Crippen molar-refractivity contribution in [3.63, 3.8) is 0 Å². The zero-order valence-corrected chi connectivity index (χ0v) is 15.5. The second-order valence-corrected chi connectivity index (χ2v) is 6.41. The number of piperazine rings is 1. The van der Waals surface area contributed by atoms with E-state index >= 15 is 0 Å². The molecule has 2 rings (SSSR count). The Labute approximate surface area is 150 Å². The lowest BCUT2D eigenvalue weighted by Gasteiger charge is -2.39. The molecule has 1 aromatic carbocycles. The van der Waals surface area contributed by atoms with Gasteiger partial charge in [-0.3, -0.25) is 9.69 Å². The van der Waals surface area contributed by atoms with Crippen molar-refractivity contribution in [3.8, 4) is 5.75 Å². The number of carbonyl (C=O) groups excluding carboxylic acids is 1. The molecule has 6 heteroatoms. The van der Waals surface area contributed by atoms with Gasteiger partial charge < -0.3 is 19.5 Å². The van der Waals surface area contributed by atoms with Gasteiger partial charge in [0.1, 0.15) is 11.9 Å². The van der Waals surface area contributed by atoms with Crippen LogP contribution < -0.4 is 4.74 Å².